The number of aliphatic carboxylic acids is 1. The molecule has 0 saturated carbocycles. The molecule has 0 radical (unpaired) electrons. The molecule has 0 aromatic carbocycles. The summed E-state index contributed by atoms with van der Waals surface area (Å²) in [5.74, 6) is -1.62. The monoisotopic (exact) mass is 397 g/mol. The normalized spacial score (nSPS) is 10.3. The van der Waals surface area contributed by atoms with Gasteiger partial charge in [0.2, 0.25) is 5.91 Å². The van der Waals surface area contributed by atoms with E-state index in [1.807, 2.05) is 20.8 Å². The number of carbonyl (C=O) groups excluding carboxylic acids is 2. The van der Waals surface area contributed by atoms with Gasteiger partial charge in [0.1, 0.15) is 0 Å². The van der Waals surface area contributed by atoms with Crippen LogP contribution in [0, 0.1) is 10.8 Å². The highest BCUT2D eigenvalue weighted by molar-refractivity contribution is 5.92. The van der Waals surface area contributed by atoms with Gasteiger partial charge in [0.05, 0.1) is 6.61 Å². The van der Waals surface area contributed by atoms with Gasteiger partial charge in [-0.3, -0.25) is 4.79 Å². The minimum Gasteiger partial charge on any atom is -0.478 e. The van der Waals surface area contributed by atoms with E-state index in [0.717, 1.165) is 12.8 Å². The van der Waals surface area contributed by atoms with Gasteiger partial charge in [-0.15, -0.1) is 0 Å². The number of ether oxygens (including phenoxy) is 1. The van der Waals surface area contributed by atoms with Crippen molar-refractivity contribution in [2.45, 2.75) is 68.2 Å². The number of carboxylic acid groups (broad SMARTS) is 1. The van der Waals surface area contributed by atoms with E-state index >= 15 is 0 Å². The number of carboxylic acids is 1. The first-order valence-corrected chi connectivity index (χ1v) is 9.09. The third-order valence-electron chi connectivity index (χ3n) is 3.24. The lowest BCUT2D eigenvalue weighted by Gasteiger charge is -2.32. The first-order chi connectivity index (χ1) is 12.4. The number of rotatable bonds is 7. The molecule has 0 rings (SSSR count). The second-order valence-corrected chi connectivity index (χ2v) is 8.47. The summed E-state index contributed by atoms with van der Waals surface area (Å²) in [5.41, 5.74) is 6.33. The van der Waals surface area contributed by atoms with Crippen molar-refractivity contribution in [1.29, 1.82) is 0 Å². The zero-order valence-corrected chi connectivity index (χ0v) is 18.9. The molecular weight excluding hydrogens is 358 g/mol. The zero-order chi connectivity index (χ0) is 23.3. The van der Waals surface area contributed by atoms with Crippen LogP contribution in [0.15, 0.2) is 36.5 Å². The Morgan fingerprint density at radius 3 is 1.57 bits per heavy atom. The van der Waals surface area contributed by atoms with Crippen LogP contribution >= 0.6 is 0 Å². The summed E-state index contributed by atoms with van der Waals surface area (Å²) in [6.45, 7) is 26.3. The van der Waals surface area contributed by atoms with E-state index in [2.05, 4.69) is 40.5 Å². The van der Waals surface area contributed by atoms with E-state index in [1.54, 1.807) is 6.92 Å². The Balaban J connectivity index is -0.000000362. The number of hydrogen-bond donors (Lipinski definition) is 2. The Labute approximate surface area is 170 Å². The molecule has 162 valence electrons. The largest absolute Gasteiger partial charge is 0.478 e. The van der Waals surface area contributed by atoms with E-state index in [4.69, 9.17) is 15.6 Å². The molecule has 0 aliphatic heterocycles. The first-order valence-electron chi connectivity index (χ1n) is 9.09. The molecule has 0 bridgehead atoms. The summed E-state index contributed by atoms with van der Waals surface area (Å²) in [6, 6.07) is 0. The summed E-state index contributed by atoms with van der Waals surface area (Å²) >= 11 is 0. The highest BCUT2D eigenvalue weighted by Gasteiger charge is 2.30. The Kier molecular flexibility index (Phi) is 14.9. The van der Waals surface area contributed by atoms with Crippen LogP contribution in [-0.2, 0) is 19.1 Å². The molecule has 1 amide bonds. The molecule has 0 spiro atoms. The van der Waals surface area contributed by atoms with Crippen molar-refractivity contribution in [2.24, 2.45) is 16.6 Å². The van der Waals surface area contributed by atoms with Crippen molar-refractivity contribution in [3.8, 4) is 0 Å². The van der Waals surface area contributed by atoms with Gasteiger partial charge in [-0.2, -0.15) is 0 Å². The van der Waals surface area contributed by atoms with E-state index < -0.39 is 11.9 Å². The van der Waals surface area contributed by atoms with Gasteiger partial charge >= 0.3 is 11.9 Å². The molecule has 0 heterocycles. The molecule has 0 saturated heterocycles. The molecule has 0 aliphatic rings. The Morgan fingerprint density at radius 1 is 0.964 bits per heavy atom. The van der Waals surface area contributed by atoms with Crippen molar-refractivity contribution in [3.63, 3.8) is 0 Å². The summed E-state index contributed by atoms with van der Waals surface area (Å²) in [7, 11) is 0. The van der Waals surface area contributed by atoms with Crippen molar-refractivity contribution in [3.05, 3.63) is 36.5 Å². The van der Waals surface area contributed by atoms with Crippen molar-refractivity contribution in [2.75, 3.05) is 6.61 Å². The first kappa shape index (κ1) is 30.4. The second-order valence-electron chi connectivity index (χ2n) is 8.47. The fourth-order valence-corrected chi connectivity index (χ4v) is 2.08. The van der Waals surface area contributed by atoms with Gasteiger partial charge in [0.15, 0.2) is 0 Å². The lowest BCUT2D eigenvalue weighted by Crippen LogP contribution is -2.29. The average molecular weight is 398 g/mol. The summed E-state index contributed by atoms with van der Waals surface area (Å²) in [4.78, 5) is 31.1. The third kappa shape index (κ3) is 18.4. The smallest absolute Gasteiger partial charge is 0.333 e. The highest BCUT2D eigenvalue weighted by atomic mass is 16.5. The van der Waals surface area contributed by atoms with Gasteiger partial charge in [-0.25, -0.2) is 9.59 Å². The minimum absolute atomic E-state index is 0.176. The molecule has 0 aliphatic carbocycles. The Bertz CT molecular complexity index is 568. The molecule has 28 heavy (non-hydrogen) atoms. The number of hydrogen-bond acceptors (Lipinski definition) is 4. The van der Waals surface area contributed by atoms with Crippen LogP contribution in [0.25, 0.3) is 0 Å². The molecule has 6 heteroatoms. The van der Waals surface area contributed by atoms with Crippen molar-refractivity contribution in [1.82, 2.24) is 0 Å². The van der Waals surface area contributed by atoms with Crippen molar-refractivity contribution >= 4 is 17.8 Å². The zero-order valence-electron chi connectivity index (χ0n) is 18.9. The average Bonchev–Trinajstić information content (AvgIpc) is 2.50. The van der Waals surface area contributed by atoms with Crippen LogP contribution in [0.4, 0.5) is 0 Å². The van der Waals surface area contributed by atoms with Gasteiger partial charge in [-0.1, -0.05) is 61.3 Å². The Morgan fingerprint density at radius 2 is 1.36 bits per heavy atom. The molecule has 6 nitrogen and oxygen atoms in total. The van der Waals surface area contributed by atoms with Crippen LogP contribution in [0.3, 0.4) is 0 Å². The van der Waals surface area contributed by atoms with Crippen LogP contribution in [0.2, 0.25) is 0 Å². The number of nitrogens with two attached hydrogens (primary N) is 1. The molecule has 3 N–H and O–H groups in total. The SMILES string of the molecule is C=C(C(N)=O)C(C)(C)CC(C)(C)C.C=C(C)C(=O)O.C=C(C)C(=O)OCCC. The van der Waals surface area contributed by atoms with E-state index in [-0.39, 0.29) is 22.4 Å². The lowest BCUT2D eigenvalue weighted by atomic mass is 9.72. The minimum atomic E-state index is -0.935. The standard InChI is InChI=1S/C11H21NO.C7H12O2.C4H6O2/c1-8(9(12)13)11(5,6)7-10(2,3)4;1-4-5-9-7(8)6(2)3;1-3(2)4(5)6/h1,7H2,2-6H3,(H2,12,13);2,4-5H2,1,3H3;1H2,2H3,(H,5,6). The summed E-state index contributed by atoms with van der Waals surface area (Å²) < 4.78 is 4.71. The summed E-state index contributed by atoms with van der Waals surface area (Å²) in [6.07, 6.45) is 1.76. The fraction of sp³-hybridized carbons (Fsp3) is 0.591. The molecule has 0 atom stereocenters. The van der Waals surface area contributed by atoms with Crippen molar-refractivity contribution < 1.29 is 24.2 Å². The quantitative estimate of drug-likeness (QED) is 0.480. The maximum absolute atomic E-state index is 11.0. The van der Waals surface area contributed by atoms with Gasteiger partial charge in [0.25, 0.3) is 0 Å². The van der Waals surface area contributed by atoms with E-state index in [0.29, 0.717) is 17.8 Å². The molecule has 0 aromatic heterocycles. The predicted molar refractivity (Wildman–Crippen MR) is 115 cm³/mol. The van der Waals surface area contributed by atoms with Gasteiger partial charge in [-0.05, 0) is 37.5 Å². The van der Waals surface area contributed by atoms with Gasteiger partial charge < -0.3 is 15.6 Å². The maximum atomic E-state index is 11.0. The number of carbonyl (C=O) groups is 3. The van der Waals surface area contributed by atoms with Gasteiger partial charge in [0, 0.05) is 16.7 Å². The molecular formula is C22H39NO5. The summed E-state index contributed by atoms with van der Waals surface area (Å²) in [5, 5.41) is 7.89. The molecule has 0 unspecified atom stereocenters. The number of primary amides is 1. The van der Waals surface area contributed by atoms with Crippen LogP contribution in [0.1, 0.15) is 68.2 Å². The topological polar surface area (TPSA) is 107 Å². The number of amides is 1. The maximum Gasteiger partial charge on any atom is 0.333 e. The van der Waals surface area contributed by atoms with E-state index in [1.165, 1.54) is 6.92 Å². The van der Waals surface area contributed by atoms with Crippen LogP contribution in [-0.4, -0.2) is 29.6 Å². The highest BCUT2D eigenvalue weighted by Crippen LogP contribution is 2.37. The molecule has 0 aromatic rings. The predicted octanol–water partition coefficient (Wildman–Crippen LogP) is 4.65. The Hall–Kier alpha value is -2.37. The van der Waals surface area contributed by atoms with E-state index in [9.17, 15) is 14.4 Å². The molecule has 0 fully saturated rings. The number of esters is 1. The lowest BCUT2D eigenvalue weighted by molar-refractivity contribution is -0.139. The fourth-order valence-electron chi connectivity index (χ4n) is 2.08. The second kappa shape index (κ2) is 13.7. The van der Waals surface area contributed by atoms with Crippen LogP contribution < -0.4 is 5.73 Å². The van der Waals surface area contributed by atoms with Crippen LogP contribution in [0.5, 0.6) is 0 Å². The third-order valence-corrected chi connectivity index (χ3v) is 3.24.